The zero-order chi connectivity index (χ0) is 9.26. The van der Waals surface area contributed by atoms with Gasteiger partial charge in [-0.1, -0.05) is 44.2 Å². The molecule has 0 unspecified atom stereocenters. The molecule has 0 spiro atoms. The van der Waals surface area contributed by atoms with E-state index in [-0.39, 0.29) is 0 Å². The van der Waals surface area contributed by atoms with Crippen LogP contribution in [0.15, 0.2) is 30.3 Å². The van der Waals surface area contributed by atoms with E-state index in [1.807, 2.05) is 0 Å². The van der Waals surface area contributed by atoms with Gasteiger partial charge in [0.1, 0.15) is 0 Å². The SMILES string of the molecule is CC(C)C[C@H]1C[C@H]1c1ccccc1. The molecule has 1 saturated carbocycles. The Morgan fingerprint density at radius 1 is 1.23 bits per heavy atom. The molecule has 13 heavy (non-hydrogen) atoms. The highest BCUT2D eigenvalue weighted by atomic mass is 14.4. The van der Waals surface area contributed by atoms with E-state index >= 15 is 0 Å². The Morgan fingerprint density at radius 3 is 2.54 bits per heavy atom. The second-order valence-corrected chi connectivity index (χ2v) is 4.64. The lowest BCUT2D eigenvalue weighted by Crippen LogP contribution is -1.90. The summed E-state index contributed by atoms with van der Waals surface area (Å²) in [4.78, 5) is 0. The van der Waals surface area contributed by atoms with Crippen molar-refractivity contribution < 1.29 is 0 Å². The number of benzene rings is 1. The molecule has 1 aliphatic carbocycles. The van der Waals surface area contributed by atoms with Gasteiger partial charge in [0, 0.05) is 0 Å². The molecule has 1 aromatic carbocycles. The van der Waals surface area contributed by atoms with Crippen LogP contribution in [0, 0.1) is 11.8 Å². The topological polar surface area (TPSA) is 0 Å². The first-order valence-corrected chi connectivity index (χ1v) is 5.32. The minimum atomic E-state index is 0.860. The molecular weight excluding hydrogens is 156 g/mol. The second-order valence-electron chi connectivity index (χ2n) is 4.64. The lowest BCUT2D eigenvalue weighted by Gasteiger charge is -2.03. The van der Waals surface area contributed by atoms with Crippen molar-refractivity contribution in [2.75, 3.05) is 0 Å². The van der Waals surface area contributed by atoms with Crippen LogP contribution in [-0.2, 0) is 0 Å². The van der Waals surface area contributed by atoms with Crippen molar-refractivity contribution in [3.63, 3.8) is 0 Å². The maximum absolute atomic E-state index is 2.32. The van der Waals surface area contributed by atoms with Crippen LogP contribution in [0.25, 0.3) is 0 Å². The Kier molecular flexibility index (Phi) is 2.39. The summed E-state index contributed by atoms with van der Waals surface area (Å²) in [7, 11) is 0. The number of hydrogen-bond donors (Lipinski definition) is 0. The van der Waals surface area contributed by atoms with Crippen molar-refractivity contribution >= 4 is 0 Å². The van der Waals surface area contributed by atoms with Gasteiger partial charge in [-0.15, -0.1) is 0 Å². The first-order chi connectivity index (χ1) is 6.27. The maximum atomic E-state index is 2.32. The largest absolute Gasteiger partial charge is 0.0628 e. The van der Waals surface area contributed by atoms with Crippen molar-refractivity contribution in [1.29, 1.82) is 0 Å². The summed E-state index contributed by atoms with van der Waals surface area (Å²) in [6.07, 6.45) is 2.82. The molecule has 0 amide bonds. The Balaban J connectivity index is 1.93. The predicted molar refractivity (Wildman–Crippen MR) is 56.7 cm³/mol. The molecule has 0 heterocycles. The monoisotopic (exact) mass is 174 g/mol. The minimum absolute atomic E-state index is 0.860. The molecule has 70 valence electrons. The summed E-state index contributed by atoms with van der Waals surface area (Å²) in [5, 5.41) is 0. The van der Waals surface area contributed by atoms with Crippen LogP contribution in [0.1, 0.15) is 38.2 Å². The highest BCUT2D eigenvalue weighted by molar-refractivity contribution is 5.25. The van der Waals surface area contributed by atoms with E-state index in [0.717, 1.165) is 17.8 Å². The molecule has 0 heteroatoms. The lowest BCUT2D eigenvalue weighted by atomic mass is 10.0. The van der Waals surface area contributed by atoms with Crippen molar-refractivity contribution in [2.45, 2.75) is 32.6 Å². The van der Waals surface area contributed by atoms with Crippen molar-refractivity contribution in [3.8, 4) is 0 Å². The number of hydrogen-bond acceptors (Lipinski definition) is 0. The predicted octanol–water partition coefficient (Wildman–Crippen LogP) is 3.84. The van der Waals surface area contributed by atoms with E-state index in [4.69, 9.17) is 0 Å². The summed E-state index contributed by atoms with van der Waals surface area (Å²) in [6, 6.07) is 10.9. The maximum Gasteiger partial charge on any atom is -0.0130 e. The standard InChI is InChI=1S/C13H18/c1-10(2)8-12-9-13(12)11-6-4-3-5-7-11/h3-7,10,12-13H,8-9H2,1-2H3/t12-,13-/m0/s1. The quantitative estimate of drug-likeness (QED) is 0.653. The summed E-state index contributed by atoms with van der Waals surface area (Å²) >= 11 is 0. The Labute approximate surface area is 81.0 Å². The summed E-state index contributed by atoms with van der Waals surface area (Å²) < 4.78 is 0. The van der Waals surface area contributed by atoms with Crippen molar-refractivity contribution in [3.05, 3.63) is 35.9 Å². The van der Waals surface area contributed by atoms with Gasteiger partial charge in [-0.05, 0) is 36.2 Å². The van der Waals surface area contributed by atoms with Gasteiger partial charge in [0.15, 0.2) is 0 Å². The van der Waals surface area contributed by atoms with Crippen molar-refractivity contribution in [2.24, 2.45) is 11.8 Å². The molecule has 2 rings (SSSR count). The van der Waals surface area contributed by atoms with Crippen molar-refractivity contribution in [1.82, 2.24) is 0 Å². The van der Waals surface area contributed by atoms with E-state index in [1.54, 1.807) is 5.56 Å². The Bertz CT molecular complexity index is 261. The normalized spacial score (nSPS) is 26.4. The Hall–Kier alpha value is -0.780. The molecule has 2 atom stereocenters. The van der Waals surface area contributed by atoms with Gasteiger partial charge in [-0.2, -0.15) is 0 Å². The van der Waals surface area contributed by atoms with Gasteiger partial charge in [-0.25, -0.2) is 0 Å². The van der Waals surface area contributed by atoms with Gasteiger partial charge >= 0.3 is 0 Å². The number of rotatable bonds is 3. The van der Waals surface area contributed by atoms with E-state index in [1.165, 1.54) is 12.8 Å². The first-order valence-electron chi connectivity index (χ1n) is 5.32. The fourth-order valence-corrected chi connectivity index (χ4v) is 2.22. The van der Waals surface area contributed by atoms with Gasteiger partial charge in [0.25, 0.3) is 0 Å². The third-order valence-electron chi connectivity index (χ3n) is 2.92. The molecule has 0 nitrogen and oxygen atoms in total. The highest BCUT2D eigenvalue weighted by Gasteiger charge is 2.37. The summed E-state index contributed by atoms with van der Waals surface area (Å²) in [5.41, 5.74) is 1.55. The molecule has 0 bridgehead atoms. The molecule has 0 radical (unpaired) electrons. The van der Waals surface area contributed by atoms with Crippen LogP contribution in [0.4, 0.5) is 0 Å². The average Bonchev–Trinajstić information content (AvgIpc) is 2.84. The third kappa shape index (κ3) is 2.12. The smallest absolute Gasteiger partial charge is 0.0130 e. The van der Waals surface area contributed by atoms with Crippen LogP contribution in [0.2, 0.25) is 0 Å². The molecule has 0 saturated heterocycles. The van der Waals surface area contributed by atoms with E-state index in [9.17, 15) is 0 Å². The summed E-state index contributed by atoms with van der Waals surface area (Å²) in [5.74, 6) is 2.71. The molecule has 0 N–H and O–H groups in total. The zero-order valence-electron chi connectivity index (χ0n) is 8.53. The van der Waals surface area contributed by atoms with Crippen LogP contribution < -0.4 is 0 Å². The molecule has 1 fully saturated rings. The molecular formula is C13H18. The molecule has 1 aliphatic rings. The Morgan fingerprint density at radius 2 is 1.92 bits per heavy atom. The van der Waals surface area contributed by atoms with E-state index in [0.29, 0.717) is 0 Å². The zero-order valence-corrected chi connectivity index (χ0v) is 8.53. The van der Waals surface area contributed by atoms with Crippen LogP contribution >= 0.6 is 0 Å². The average molecular weight is 174 g/mol. The fraction of sp³-hybridized carbons (Fsp3) is 0.538. The second kappa shape index (κ2) is 3.53. The van der Waals surface area contributed by atoms with Crippen LogP contribution in [-0.4, -0.2) is 0 Å². The van der Waals surface area contributed by atoms with Gasteiger partial charge in [0.2, 0.25) is 0 Å². The van der Waals surface area contributed by atoms with E-state index in [2.05, 4.69) is 44.2 Å². The fourth-order valence-electron chi connectivity index (χ4n) is 2.22. The highest BCUT2D eigenvalue weighted by Crippen LogP contribution is 2.50. The van der Waals surface area contributed by atoms with Crippen LogP contribution in [0.5, 0.6) is 0 Å². The first kappa shape index (κ1) is 8.80. The summed E-state index contributed by atoms with van der Waals surface area (Å²) in [6.45, 7) is 4.64. The van der Waals surface area contributed by atoms with Gasteiger partial charge < -0.3 is 0 Å². The van der Waals surface area contributed by atoms with Gasteiger partial charge in [-0.3, -0.25) is 0 Å². The van der Waals surface area contributed by atoms with E-state index < -0.39 is 0 Å². The van der Waals surface area contributed by atoms with Crippen LogP contribution in [0.3, 0.4) is 0 Å². The molecule has 1 aromatic rings. The molecule has 0 aliphatic heterocycles. The lowest BCUT2D eigenvalue weighted by molar-refractivity contribution is 0.532. The third-order valence-corrected chi connectivity index (χ3v) is 2.92. The minimum Gasteiger partial charge on any atom is -0.0628 e. The van der Waals surface area contributed by atoms with Gasteiger partial charge in [0.05, 0.1) is 0 Å². The molecule has 0 aromatic heterocycles.